The van der Waals surface area contributed by atoms with E-state index in [4.69, 9.17) is 5.73 Å². The molecular weight excluding hydrogens is 470 g/mol. The molecule has 1 nitrogen and oxygen atoms in total. The third kappa shape index (κ3) is 15.7. The zero-order valence-corrected chi connectivity index (χ0v) is 26.6. The molecule has 0 heterocycles. The van der Waals surface area contributed by atoms with Crippen molar-refractivity contribution in [3.05, 3.63) is 108 Å². The highest BCUT2D eigenvalue weighted by molar-refractivity contribution is 5.35. The zero-order valence-electron chi connectivity index (χ0n) is 26.6. The van der Waals surface area contributed by atoms with Crippen LogP contribution in [0, 0.1) is 5.41 Å². The van der Waals surface area contributed by atoms with E-state index in [2.05, 4.69) is 108 Å². The molecule has 1 aliphatic carbocycles. The fourth-order valence-corrected chi connectivity index (χ4v) is 4.84. The molecule has 0 aromatic heterocycles. The molecule has 2 aromatic carbocycles. The van der Waals surface area contributed by atoms with E-state index in [0.717, 1.165) is 25.7 Å². The first-order chi connectivity index (χ1) is 18.8. The Morgan fingerprint density at radius 1 is 1.05 bits per heavy atom. The molecule has 3 rings (SSSR count). The van der Waals surface area contributed by atoms with Crippen LogP contribution in [0.2, 0.25) is 0 Å². The monoisotopic (exact) mass is 531 g/mol. The summed E-state index contributed by atoms with van der Waals surface area (Å²) in [6, 6.07) is 20.2. The number of hydrogen-bond donors (Lipinski definition) is 1. The lowest BCUT2D eigenvalue weighted by Gasteiger charge is -2.28. The van der Waals surface area contributed by atoms with Crippen molar-refractivity contribution >= 4 is 0 Å². The summed E-state index contributed by atoms with van der Waals surface area (Å²) in [5.41, 5.74) is 11.9. The van der Waals surface area contributed by atoms with Crippen molar-refractivity contribution in [3.8, 4) is 0 Å². The molecule has 39 heavy (non-hydrogen) atoms. The average molecular weight is 532 g/mol. The maximum absolute atomic E-state index is 5.66. The first-order valence-corrected chi connectivity index (χ1v) is 15.6. The van der Waals surface area contributed by atoms with Crippen LogP contribution in [-0.2, 0) is 12.8 Å². The molecule has 1 aliphatic rings. The summed E-state index contributed by atoms with van der Waals surface area (Å²) < 4.78 is 0. The highest BCUT2D eigenvalue weighted by Crippen LogP contribution is 2.43. The number of unbranched alkanes of at least 4 members (excludes halogenated alkanes) is 1. The molecule has 0 fully saturated rings. The maximum atomic E-state index is 5.66. The van der Waals surface area contributed by atoms with Gasteiger partial charge < -0.3 is 5.73 Å². The van der Waals surface area contributed by atoms with Crippen LogP contribution >= 0.6 is 0 Å². The third-order valence-corrected chi connectivity index (χ3v) is 7.48. The standard InChI is InChI=1S/C26H32.C7H17N.C3H6.C2H6/c1-4-26(3,20-24-17-16-23-12-8-9-13-25(23)24)19-18-21(2)14-15-22-10-6-5-7-11-22;1-3-5-6-7(8)4-2;1-3-2;1-2/h4-13,18,24H,1,14-17,19-20H2,2-3H3;7H,3-6,8H2,1-2H3;3H,1H2,2H3;1-2H3/b21-18+;;;. The van der Waals surface area contributed by atoms with Gasteiger partial charge in [-0.25, -0.2) is 0 Å². The van der Waals surface area contributed by atoms with E-state index < -0.39 is 0 Å². The number of benzene rings is 2. The summed E-state index contributed by atoms with van der Waals surface area (Å²) in [6.07, 6.45) is 18.4. The van der Waals surface area contributed by atoms with Crippen molar-refractivity contribution in [2.75, 3.05) is 0 Å². The summed E-state index contributed by atoms with van der Waals surface area (Å²) in [5, 5.41) is 0. The minimum atomic E-state index is 0.177. The van der Waals surface area contributed by atoms with Crippen molar-refractivity contribution in [2.45, 2.75) is 125 Å². The Hall–Kier alpha value is -2.38. The van der Waals surface area contributed by atoms with E-state index in [-0.39, 0.29) is 5.41 Å². The summed E-state index contributed by atoms with van der Waals surface area (Å²) in [7, 11) is 0. The van der Waals surface area contributed by atoms with Gasteiger partial charge in [0.25, 0.3) is 0 Å². The van der Waals surface area contributed by atoms with Gasteiger partial charge in [0.05, 0.1) is 0 Å². The normalized spacial score (nSPS) is 16.0. The van der Waals surface area contributed by atoms with E-state index in [1.54, 1.807) is 17.2 Å². The van der Waals surface area contributed by atoms with Gasteiger partial charge in [-0.3, -0.25) is 0 Å². The SMILES string of the molecule is C=CC.C=CC(C)(C/C=C(\C)CCc1ccccc1)CC1CCc2ccccc21.CC.CCCCC(N)CC. The molecule has 0 radical (unpaired) electrons. The lowest BCUT2D eigenvalue weighted by Crippen LogP contribution is -2.17. The molecule has 1 heteroatoms. The second kappa shape index (κ2) is 22.4. The van der Waals surface area contributed by atoms with Gasteiger partial charge in [-0.2, -0.15) is 0 Å². The maximum Gasteiger partial charge on any atom is 0.00362 e. The second-order valence-electron chi connectivity index (χ2n) is 11.0. The number of hydrogen-bond acceptors (Lipinski definition) is 1. The molecule has 0 spiro atoms. The lowest BCUT2D eigenvalue weighted by atomic mass is 9.76. The Balaban J connectivity index is 0.000000936. The molecule has 2 aromatic rings. The highest BCUT2D eigenvalue weighted by Gasteiger charge is 2.29. The molecule has 0 saturated carbocycles. The molecule has 0 amide bonds. The Kier molecular flexibility index (Phi) is 21.1. The lowest BCUT2D eigenvalue weighted by molar-refractivity contribution is 0.355. The van der Waals surface area contributed by atoms with Crippen molar-refractivity contribution in [2.24, 2.45) is 11.1 Å². The largest absolute Gasteiger partial charge is 0.328 e. The molecule has 2 N–H and O–H groups in total. The van der Waals surface area contributed by atoms with Crippen molar-refractivity contribution in [1.29, 1.82) is 0 Å². The van der Waals surface area contributed by atoms with Crippen molar-refractivity contribution in [1.82, 2.24) is 0 Å². The van der Waals surface area contributed by atoms with Crippen molar-refractivity contribution in [3.63, 3.8) is 0 Å². The van der Waals surface area contributed by atoms with E-state index in [9.17, 15) is 0 Å². The van der Waals surface area contributed by atoms with Gasteiger partial charge >= 0.3 is 0 Å². The van der Waals surface area contributed by atoms with Gasteiger partial charge in [0.1, 0.15) is 0 Å². The van der Waals surface area contributed by atoms with Gasteiger partial charge in [0.15, 0.2) is 0 Å². The first kappa shape index (κ1) is 36.6. The van der Waals surface area contributed by atoms with Crippen LogP contribution in [-0.4, -0.2) is 6.04 Å². The molecule has 0 bridgehead atoms. The Morgan fingerprint density at radius 3 is 2.26 bits per heavy atom. The zero-order chi connectivity index (χ0) is 29.5. The van der Waals surface area contributed by atoms with Crippen LogP contribution < -0.4 is 5.73 Å². The van der Waals surface area contributed by atoms with E-state index in [1.165, 1.54) is 49.7 Å². The Bertz CT molecular complexity index is 909. The van der Waals surface area contributed by atoms with Crippen LogP contribution in [0.25, 0.3) is 0 Å². The Labute approximate surface area is 243 Å². The summed E-state index contributed by atoms with van der Waals surface area (Å²) >= 11 is 0. The van der Waals surface area contributed by atoms with Crippen LogP contribution in [0.3, 0.4) is 0 Å². The van der Waals surface area contributed by atoms with E-state index in [0.29, 0.717) is 12.0 Å². The highest BCUT2D eigenvalue weighted by atomic mass is 14.6. The predicted molar refractivity (Wildman–Crippen MR) is 179 cm³/mol. The fourth-order valence-electron chi connectivity index (χ4n) is 4.84. The van der Waals surface area contributed by atoms with E-state index >= 15 is 0 Å². The van der Waals surface area contributed by atoms with E-state index in [1.807, 2.05) is 20.8 Å². The predicted octanol–water partition coefficient (Wildman–Crippen LogP) is 11.4. The molecular formula is C38H61N. The second-order valence-corrected chi connectivity index (χ2v) is 11.0. The summed E-state index contributed by atoms with van der Waals surface area (Å²) in [6.45, 7) is 22.4. The van der Waals surface area contributed by atoms with Crippen LogP contribution in [0.1, 0.15) is 122 Å². The number of nitrogens with two attached hydrogens (primary N) is 1. The minimum Gasteiger partial charge on any atom is -0.328 e. The molecule has 0 saturated heterocycles. The molecule has 3 atom stereocenters. The van der Waals surface area contributed by atoms with Gasteiger partial charge in [0.2, 0.25) is 0 Å². The van der Waals surface area contributed by atoms with Crippen LogP contribution in [0.15, 0.2) is 91.6 Å². The van der Waals surface area contributed by atoms with Gasteiger partial charge in [0, 0.05) is 6.04 Å². The van der Waals surface area contributed by atoms with Gasteiger partial charge in [-0.1, -0.05) is 126 Å². The average Bonchev–Trinajstić information content (AvgIpc) is 3.38. The minimum absolute atomic E-state index is 0.177. The summed E-state index contributed by atoms with van der Waals surface area (Å²) in [4.78, 5) is 0. The number of fused-ring (bicyclic) bond motifs is 1. The molecule has 218 valence electrons. The summed E-state index contributed by atoms with van der Waals surface area (Å²) in [5.74, 6) is 0.687. The quantitative estimate of drug-likeness (QED) is 0.271. The first-order valence-electron chi connectivity index (χ1n) is 15.6. The smallest absolute Gasteiger partial charge is 0.00362 e. The number of allylic oxidation sites excluding steroid dienone is 4. The molecule has 0 aliphatic heterocycles. The fraction of sp³-hybridized carbons (Fsp3) is 0.526. The van der Waals surface area contributed by atoms with Gasteiger partial charge in [-0.15, -0.1) is 13.2 Å². The Morgan fingerprint density at radius 2 is 1.67 bits per heavy atom. The molecule has 3 unspecified atom stereocenters. The number of aryl methyl sites for hydroxylation is 2. The van der Waals surface area contributed by atoms with Crippen LogP contribution in [0.5, 0.6) is 0 Å². The van der Waals surface area contributed by atoms with Crippen molar-refractivity contribution < 1.29 is 0 Å². The third-order valence-electron chi connectivity index (χ3n) is 7.48. The van der Waals surface area contributed by atoms with Gasteiger partial charge in [-0.05, 0) is 93.2 Å². The topological polar surface area (TPSA) is 26.0 Å². The van der Waals surface area contributed by atoms with Crippen LogP contribution in [0.4, 0.5) is 0 Å². The number of rotatable bonds is 12.